The van der Waals surface area contributed by atoms with Crippen molar-refractivity contribution in [2.45, 2.75) is 40.0 Å². The zero-order chi connectivity index (χ0) is 20.4. The fourth-order valence-electron chi connectivity index (χ4n) is 3.13. The number of amides is 2. The number of hydrogen-bond donors (Lipinski definition) is 2. The van der Waals surface area contributed by atoms with Crippen molar-refractivity contribution in [2.24, 2.45) is 4.99 Å². The first-order valence-electron chi connectivity index (χ1n) is 9.87. The fourth-order valence-corrected chi connectivity index (χ4v) is 3.13. The maximum atomic E-state index is 12.2. The molecule has 148 valence electrons. The number of aryl methyl sites for hydroxylation is 2. The van der Waals surface area contributed by atoms with Crippen LogP contribution in [-0.4, -0.2) is 25.3 Å². The van der Waals surface area contributed by atoms with Crippen molar-refractivity contribution in [3.05, 3.63) is 71.3 Å². The molecule has 0 bridgehead atoms. The van der Waals surface area contributed by atoms with Crippen molar-refractivity contribution in [1.82, 2.24) is 5.32 Å². The molecule has 0 spiro atoms. The number of allylic oxidation sites excluding steroid dienone is 2. The highest BCUT2D eigenvalue weighted by molar-refractivity contribution is 6.00. The zero-order valence-electron chi connectivity index (χ0n) is 17.4. The van der Waals surface area contributed by atoms with Crippen LogP contribution in [0.15, 0.2) is 59.6 Å². The van der Waals surface area contributed by atoms with Crippen LogP contribution in [0.4, 0.5) is 10.5 Å². The maximum absolute atomic E-state index is 12.2. The summed E-state index contributed by atoms with van der Waals surface area (Å²) in [7, 11) is 1.82. The van der Waals surface area contributed by atoms with Crippen LogP contribution in [0.1, 0.15) is 42.9 Å². The van der Waals surface area contributed by atoms with Gasteiger partial charge in [0.15, 0.2) is 0 Å². The van der Waals surface area contributed by atoms with Crippen molar-refractivity contribution in [1.29, 1.82) is 0 Å². The molecule has 0 aliphatic carbocycles. The van der Waals surface area contributed by atoms with Gasteiger partial charge in [-0.2, -0.15) is 0 Å². The molecule has 0 saturated carbocycles. The number of para-hydroxylation sites is 1. The molecule has 0 heterocycles. The normalized spacial score (nSPS) is 12.0. The van der Waals surface area contributed by atoms with Crippen LogP contribution in [0.25, 0.3) is 5.57 Å². The molecule has 0 saturated heterocycles. The standard InChI is InChI=1S/C24H31N3O/c1-5-20(21-13-7-6-8-14-21)17-22(25-4)15-10-16-26-24(28)27-23-18(2)11-9-12-19(23)3/h6-9,11-14,17H,5,10,15-16H2,1-4H3,(H2,26,27,28)/b20-17+,25-22?. The summed E-state index contributed by atoms with van der Waals surface area (Å²) in [6, 6.07) is 16.2. The highest BCUT2D eigenvalue weighted by Crippen LogP contribution is 2.19. The molecule has 0 atom stereocenters. The SMILES string of the molecule is CC/C(=C\C(CCCNC(=O)Nc1c(C)cccc1C)=NC)c1ccccc1. The van der Waals surface area contributed by atoms with E-state index >= 15 is 0 Å². The number of hydrogen-bond acceptors (Lipinski definition) is 2. The lowest BCUT2D eigenvalue weighted by atomic mass is 10.0. The van der Waals surface area contributed by atoms with Crippen LogP contribution < -0.4 is 10.6 Å². The van der Waals surface area contributed by atoms with Gasteiger partial charge in [-0.25, -0.2) is 4.79 Å². The van der Waals surface area contributed by atoms with Gasteiger partial charge in [0, 0.05) is 25.0 Å². The van der Waals surface area contributed by atoms with Crippen molar-refractivity contribution >= 4 is 23.0 Å². The van der Waals surface area contributed by atoms with Gasteiger partial charge in [0.25, 0.3) is 0 Å². The summed E-state index contributed by atoms with van der Waals surface area (Å²) in [5.74, 6) is 0. The molecule has 2 aromatic rings. The summed E-state index contributed by atoms with van der Waals surface area (Å²) >= 11 is 0. The molecule has 4 nitrogen and oxygen atoms in total. The number of carbonyl (C=O) groups excluding carboxylic acids is 1. The number of nitrogens with zero attached hydrogens (tertiary/aromatic N) is 1. The highest BCUT2D eigenvalue weighted by atomic mass is 16.2. The summed E-state index contributed by atoms with van der Waals surface area (Å²) in [4.78, 5) is 16.6. The molecule has 28 heavy (non-hydrogen) atoms. The Labute approximate surface area is 168 Å². The third kappa shape index (κ3) is 6.38. The van der Waals surface area contributed by atoms with Crippen LogP contribution in [0.5, 0.6) is 0 Å². The number of aliphatic imine (C=N–C) groups is 1. The highest BCUT2D eigenvalue weighted by Gasteiger charge is 2.07. The van der Waals surface area contributed by atoms with Gasteiger partial charge in [-0.05, 0) is 61.4 Å². The van der Waals surface area contributed by atoms with E-state index in [1.807, 2.05) is 45.2 Å². The van der Waals surface area contributed by atoms with Crippen molar-refractivity contribution in [3.63, 3.8) is 0 Å². The predicted octanol–water partition coefficient (Wildman–Crippen LogP) is 5.77. The predicted molar refractivity (Wildman–Crippen MR) is 120 cm³/mol. The molecular formula is C24H31N3O. The minimum atomic E-state index is -0.165. The lowest BCUT2D eigenvalue weighted by Gasteiger charge is -2.12. The third-order valence-electron chi connectivity index (χ3n) is 4.77. The average molecular weight is 378 g/mol. The molecule has 0 aliphatic rings. The van der Waals surface area contributed by atoms with Gasteiger partial charge in [-0.3, -0.25) is 4.99 Å². The Morgan fingerprint density at radius 2 is 1.71 bits per heavy atom. The van der Waals surface area contributed by atoms with Gasteiger partial charge in [-0.15, -0.1) is 0 Å². The number of rotatable bonds is 8. The molecule has 0 aromatic heterocycles. The Balaban J connectivity index is 1.84. The van der Waals surface area contributed by atoms with E-state index in [1.165, 1.54) is 11.1 Å². The Bertz CT molecular complexity index is 818. The van der Waals surface area contributed by atoms with E-state index in [2.05, 4.69) is 52.9 Å². The quantitative estimate of drug-likeness (QED) is 0.445. The minimum absolute atomic E-state index is 0.165. The molecule has 2 rings (SSSR count). The van der Waals surface area contributed by atoms with Crippen LogP contribution in [0.3, 0.4) is 0 Å². The van der Waals surface area contributed by atoms with Crippen LogP contribution in [0.2, 0.25) is 0 Å². The molecule has 0 unspecified atom stereocenters. The molecule has 2 amide bonds. The van der Waals surface area contributed by atoms with E-state index in [0.29, 0.717) is 6.54 Å². The van der Waals surface area contributed by atoms with Crippen molar-refractivity contribution in [3.8, 4) is 0 Å². The topological polar surface area (TPSA) is 53.5 Å². The number of benzene rings is 2. The van der Waals surface area contributed by atoms with Crippen molar-refractivity contribution < 1.29 is 4.79 Å². The van der Waals surface area contributed by atoms with Gasteiger partial charge in [-0.1, -0.05) is 55.5 Å². The summed E-state index contributed by atoms with van der Waals surface area (Å²) < 4.78 is 0. The molecule has 0 radical (unpaired) electrons. The fraction of sp³-hybridized carbons (Fsp3) is 0.333. The monoisotopic (exact) mass is 377 g/mol. The molecular weight excluding hydrogens is 346 g/mol. The molecule has 2 N–H and O–H groups in total. The van der Waals surface area contributed by atoms with Gasteiger partial charge in [0.1, 0.15) is 0 Å². The summed E-state index contributed by atoms with van der Waals surface area (Å²) in [6.45, 7) is 6.76. The third-order valence-corrected chi connectivity index (χ3v) is 4.77. The Morgan fingerprint density at radius 3 is 2.32 bits per heavy atom. The number of urea groups is 1. The number of nitrogens with one attached hydrogen (secondary N) is 2. The average Bonchev–Trinajstić information content (AvgIpc) is 2.71. The van der Waals surface area contributed by atoms with Crippen LogP contribution >= 0.6 is 0 Å². The van der Waals surface area contributed by atoms with Crippen LogP contribution in [-0.2, 0) is 0 Å². The molecule has 2 aromatic carbocycles. The van der Waals surface area contributed by atoms with E-state index in [4.69, 9.17) is 0 Å². The maximum Gasteiger partial charge on any atom is 0.319 e. The number of anilines is 1. The first-order valence-corrected chi connectivity index (χ1v) is 9.87. The summed E-state index contributed by atoms with van der Waals surface area (Å²) in [5.41, 5.74) is 6.58. The smallest absolute Gasteiger partial charge is 0.319 e. The lowest BCUT2D eigenvalue weighted by molar-refractivity contribution is 0.252. The van der Waals surface area contributed by atoms with Gasteiger partial charge < -0.3 is 10.6 Å². The van der Waals surface area contributed by atoms with Crippen LogP contribution in [0, 0.1) is 13.8 Å². The van der Waals surface area contributed by atoms with E-state index in [-0.39, 0.29) is 6.03 Å². The summed E-state index contributed by atoms with van der Waals surface area (Å²) in [6.07, 6.45) is 4.80. The molecule has 0 aliphatic heterocycles. The minimum Gasteiger partial charge on any atom is -0.338 e. The van der Waals surface area contributed by atoms with Gasteiger partial charge in [0.05, 0.1) is 0 Å². The van der Waals surface area contributed by atoms with E-state index in [1.54, 1.807) is 0 Å². The Hall–Kier alpha value is -2.88. The first-order chi connectivity index (χ1) is 13.5. The van der Waals surface area contributed by atoms with Crippen molar-refractivity contribution in [2.75, 3.05) is 18.9 Å². The first kappa shape index (κ1) is 21.4. The zero-order valence-corrected chi connectivity index (χ0v) is 17.4. The Kier molecular flexibility index (Phi) is 8.47. The molecule has 0 fully saturated rings. The largest absolute Gasteiger partial charge is 0.338 e. The lowest BCUT2D eigenvalue weighted by Crippen LogP contribution is -2.30. The second-order valence-electron chi connectivity index (χ2n) is 6.86. The molecule has 4 heteroatoms. The Morgan fingerprint density at radius 1 is 1.04 bits per heavy atom. The second-order valence-corrected chi connectivity index (χ2v) is 6.86. The summed E-state index contributed by atoms with van der Waals surface area (Å²) in [5, 5.41) is 5.89. The number of carbonyl (C=O) groups is 1. The van der Waals surface area contributed by atoms with E-state index in [9.17, 15) is 4.79 Å². The second kappa shape index (κ2) is 11.1. The van der Waals surface area contributed by atoms with E-state index in [0.717, 1.165) is 41.8 Å². The van der Waals surface area contributed by atoms with Gasteiger partial charge >= 0.3 is 6.03 Å². The van der Waals surface area contributed by atoms with Gasteiger partial charge in [0.2, 0.25) is 0 Å². The van der Waals surface area contributed by atoms with E-state index < -0.39 is 0 Å².